The molecule has 20 heavy (non-hydrogen) atoms. The molecule has 0 saturated carbocycles. The highest BCUT2D eigenvalue weighted by atomic mass is 35.5. The maximum atomic E-state index is 12.1. The van der Waals surface area contributed by atoms with Crippen molar-refractivity contribution in [3.05, 3.63) is 28.0 Å². The van der Waals surface area contributed by atoms with Crippen LogP contribution in [0.15, 0.2) is 12.1 Å². The summed E-state index contributed by atoms with van der Waals surface area (Å²) in [6.45, 7) is 2.87. The molecule has 0 aromatic carbocycles. The minimum atomic E-state index is -0.263. The summed E-state index contributed by atoms with van der Waals surface area (Å²) in [5.41, 5.74) is 0.310. The van der Waals surface area contributed by atoms with Crippen LogP contribution in [-0.2, 0) is 4.79 Å². The number of pyridine rings is 1. The summed E-state index contributed by atoms with van der Waals surface area (Å²) in [6.07, 6.45) is 1.48. The van der Waals surface area contributed by atoms with Crippen LogP contribution in [0.5, 0.6) is 0 Å². The number of carbonyl (C=O) groups is 2. The van der Waals surface area contributed by atoms with Gasteiger partial charge in [-0.15, -0.1) is 0 Å². The first-order valence-electron chi connectivity index (χ1n) is 6.36. The van der Waals surface area contributed by atoms with Crippen LogP contribution in [0.1, 0.15) is 30.1 Å². The minimum Gasteiger partial charge on any atom is -0.349 e. The van der Waals surface area contributed by atoms with E-state index in [4.69, 9.17) is 23.2 Å². The first kappa shape index (κ1) is 15.1. The quantitative estimate of drug-likeness (QED) is 0.850. The SMILES string of the molecule is CC(=O)N1CCC(NC(=O)c2ccc(Cl)nc2Cl)CC1. The van der Waals surface area contributed by atoms with Gasteiger partial charge in [0, 0.05) is 26.1 Å². The van der Waals surface area contributed by atoms with Gasteiger partial charge in [0.25, 0.3) is 5.91 Å². The lowest BCUT2D eigenvalue weighted by Gasteiger charge is -2.31. The Hall–Kier alpha value is -1.33. The van der Waals surface area contributed by atoms with Crippen LogP contribution in [0.25, 0.3) is 0 Å². The number of hydrogen-bond acceptors (Lipinski definition) is 3. The number of carbonyl (C=O) groups excluding carboxylic acids is 2. The van der Waals surface area contributed by atoms with Gasteiger partial charge in [0.15, 0.2) is 0 Å². The third-order valence-electron chi connectivity index (χ3n) is 3.33. The van der Waals surface area contributed by atoms with Crippen molar-refractivity contribution in [1.82, 2.24) is 15.2 Å². The lowest BCUT2D eigenvalue weighted by atomic mass is 10.0. The maximum Gasteiger partial charge on any atom is 0.254 e. The molecule has 0 atom stereocenters. The summed E-state index contributed by atoms with van der Waals surface area (Å²) in [7, 11) is 0. The molecule has 1 aliphatic rings. The van der Waals surface area contributed by atoms with Crippen LogP contribution in [0.3, 0.4) is 0 Å². The normalized spacial score (nSPS) is 16.1. The Morgan fingerprint density at radius 1 is 1.30 bits per heavy atom. The number of rotatable bonds is 2. The van der Waals surface area contributed by atoms with Gasteiger partial charge in [0.2, 0.25) is 5.91 Å². The minimum absolute atomic E-state index is 0.0462. The Kier molecular flexibility index (Phi) is 4.83. The molecule has 0 spiro atoms. The lowest BCUT2D eigenvalue weighted by molar-refractivity contribution is -0.129. The van der Waals surface area contributed by atoms with Crippen molar-refractivity contribution in [3.63, 3.8) is 0 Å². The molecule has 2 heterocycles. The van der Waals surface area contributed by atoms with Gasteiger partial charge in [-0.05, 0) is 25.0 Å². The monoisotopic (exact) mass is 315 g/mol. The third kappa shape index (κ3) is 3.61. The first-order chi connectivity index (χ1) is 9.47. The van der Waals surface area contributed by atoms with Gasteiger partial charge in [0.05, 0.1) is 5.56 Å². The Balaban J connectivity index is 1.94. The molecule has 0 aliphatic carbocycles. The Bertz CT molecular complexity index is 528. The summed E-state index contributed by atoms with van der Waals surface area (Å²) in [5, 5.41) is 3.26. The molecule has 1 aliphatic heterocycles. The van der Waals surface area contributed by atoms with Crippen molar-refractivity contribution in [2.75, 3.05) is 13.1 Å². The van der Waals surface area contributed by atoms with Crippen LogP contribution in [-0.4, -0.2) is 40.8 Å². The predicted molar refractivity (Wildman–Crippen MR) is 77.0 cm³/mol. The second-order valence-corrected chi connectivity index (χ2v) is 5.47. The third-order valence-corrected chi connectivity index (χ3v) is 3.83. The van der Waals surface area contributed by atoms with Gasteiger partial charge in [-0.2, -0.15) is 0 Å². The largest absolute Gasteiger partial charge is 0.349 e. The standard InChI is InChI=1S/C13H15Cl2N3O2/c1-8(19)18-6-4-9(5-7-18)16-13(20)10-2-3-11(14)17-12(10)15/h2-3,9H,4-7H2,1H3,(H,16,20). The second kappa shape index (κ2) is 6.41. The van der Waals surface area contributed by atoms with E-state index in [1.165, 1.54) is 6.07 Å². The Labute approximate surface area is 127 Å². The van der Waals surface area contributed by atoms with E-state index in [1.807, 2.05) is 0 Å². The molecule has 2 amide bonds. The number of hydrogen-bond donors (Lipinski definition) is 1. The number of likely N-dealkylation sites (tertiary alicyclic amines) is 1. The molecule has 0 bridgehead atoms. The van der Waals surface area contributed by atoms with E-state index in [0.29, 0.717) is 18.7 Å². The fourth-order valence-corrected chi connectivity index (χ4v) is 2.61. The van der Waals surface area contributed by atoms with Crippen molar-refractivity contribution in [3.8, 4) is 0 Å². The average Bonchev–Trinajstić information content (AvgIpc) is 2.39. The highest BCUT2D eigenvalue weighted by Crippen LogP contribution is 2.18. The van der Waals surface area contributed by atoms with E-state index >= 15 is 0 Å². The molecule has 0 radical (unpaired) electrons. The number of nitrogens with zero attached hydrogens (tertiary/aromatic N) is 2. The Morgan fingerprint density at radius 2 is 1.95 bits per heavy atom. The zero-order chi connectivity index (χ0) is 14.7. The number of aromatic nitrogens is 1. The van der Waals surface area contributed by atoms with Crippen molar-refractivity contribution in [2.45, 2.75) is 25.8 Å². The highest BCUT2D eigenvalue weighted by molar-refractivity contribution is 6.34. The molecule has 1 saturated heterocycles. The zero-order valence-electron chi connectivity index (χ0n) is 11.0. The van der Waals surface area contributed by atoms with E-state index in [0.717, 1.165) is 12.8 Å². The summed E-state index contributed by atoms with van der Waals surface area (Å²) >= 11 is 11.6. The van der Waals surface area contributed by atoms with Gasteiger partial charge in [-0.25, -0.2) is 4.98 Å². The van der Waals surface area contributed by atoms with Crippen molar-refractivity contribution in [1.29, 1.82) is 0 Å². The van der Waals surface area contributed by atoms with Gasteiger partial charge < -0.3 is 10.2 Å². The molecule has 2 rings (SSSR count). The van der Waals surface area contributed by atoms with Crippen LogP contribution in [0.2, 0.25) is 10.3 Å². The van der Waals surface area contributed by atoms with Crippen LogP contribution in [0, 0.1) is 0 Å². The molecule has 1 aromatic heterocycles. The molecule has 7 heteroatoms. The van der Waals surface area contributed by atoms with Crippen molar-refractivity contribution in [2.24, 2.45) is 0 Å². The smallest absolute Gasteiger partial charge is 0.254 e. The fraction of sp³-hybridized carbons (Fsp3) is 0.462. The number of amides is 2. The molecule has 1 aromatic rings. The van der Waals surface area contributed by atoms with E-state index in [2.05, 4.69) is 10.3 Å². The van der Waals surface area contributed by atoms with Crippen molar-refractivity contribution < 1.29 is 9.59 Å². The number of piperidine rings is 1. The second-order valence-electron chi connectivity index (χ2n) is 4.73. The molecule has 1 fully saturated rings. The molecule has 0 unspecified atom stereocenters. The summed E-state index contributed by atoms with van der Waals surface area (Å²) < 4.78 is 0. The highest BCUT2D eigenvalue weighted by Gasteiger charge is 2.23. The number of nitrogens with one attached hydrogen (secondary N) is 1. The summed E-state index contributed by atoms with van der Waals surface area (Å²) in [4.78, 5) is 28.9. The van der Waals surface area contributed by atoms with Crippen molar-refractivity contribution >= 4 is 35.0 Å². The van der Waals surface area contributed by atoms with Gasteiger partial charge in [-0.1, -0.05) is 23.2 Å². The molecule has 108 valence electrons. The van der Waals surface area contributed by atoms with Gasteiger partial charge in [-0.3, -0.25) is 9.59 Å². The van der Waals surface area contributed by atoms with E-state index in [1.54, 1.807) is 17.9 Å². The summed E-state index contributed by atoms with van der Waals surface area (Å²) in [6, 6.07) is 3.13. The van der Waals surface area contributed by atoms with E-state index < -0.39 is 0 Å². The van der Waals surface area contributed by atoms with Gasteiger partial charge in [0.1, 0.15) is 10.3 Å². The van der Waals surface area contributed by atoms with Crippen LogP contribution >= 0.6 is 23.2 Å². The van der Waals surface area contributed by atoms with Crippen LogP contribution in [0.4, 0.5) is 0 Å². The lowest BCUT2D eigenvalue weighted by Crippen LogP contribution is -2.46. The first-order valence-corrected chi connectivity index (χ1v) is 7.11. The van der Waals surface area contributed by atoms with E-state index in [9.17, 15) is 9.59 Å². The number of halogens is 2. The van der Waals surface area contributed by atoms with Crippen LogP contribution < -0.4 is 5.32 Å². The summed E-state index contributed by atoms with van der Waals surface area (Å²) in [5.74, 6) is -0.194. The van der Waals surface area contributed by atoms with E-state index in [-0.39, 0.29) is 28.2 Å². The molecular formula is C13H15Cl2N3O2. The Morgan fingerprint density at radius 3 is 2.50 bits per heavy atom. The van der Waals surface area contributed by atoms with Gasteiger partial charge >= 0.3 is 0 Å². The fourth-order valence-electron chi connectivity index (χ4n) is 2.18. The predicted octanol–water partition coefficient (Wildman–Crippen LogP) is 2.13. The maximum absolute atomic E-state index is 12.1. The molecule has 5 nitrogen and oxygen atoms in total. The molecule has 1 N–H and O–H groups in total. The topological polar surface area (TPSA) is 62.3 Å². The average molecular weight is 316 g/mol. The zero-order valence-corrected chi connectivity index (χ0v) is 12.5. The molecular weight excluding hydrogens is 301 g/mol.